The van der Waals surface area contributed by atoms with Crippen LogP contribution in [0.2, 0.25) is 0 Å². The molecule has 0 bridgehead atoms. The summed E-state index contributed by atoms with van der Waals surface area (Å²) in [6, 6.07) is 0. The fourth-order valence-corrected chi connectivity index (χ4v) is 3.63. The van der Waals surface area contributed by atoms with Gasteiger partial charge in [0.1, 0.15) is 0 Å². The van der Waals surface area contributed by atoms with Crippen LogP contribution in [-0.2, 0) is 0 Å². The molecule has 3 unspecified atom stereocenters. The van der Waals surface area contributed by atoms with Crippen LogP contribution < -0.4 is 5.32 Å². The normalized spacial score (nSPS) is 30.5. The van der Waals surface area contributed by atoms with E-state index in [-0.39, 0.29) is 0 Å². The molecule has 17 heavy (non-hydrogen) atoms. The zero-order valence-electron chi connectivity index (χ0n) is 12.7. The Hall–Kier alpha value is -0.0400. The molecule has 1 rings (SSSR count). The van der Waals surface area contributed by atoms with Crippen molar-refractivity contribution in [2.75, 3.05) is 13.1 Å². The zero-order chi connectivity index (χ0) is 12.9. The third kappa shape index (κ3) is 4.62. The van der Waals surface area contributed by atoms with Gasteiger partial charge in [0.25, 0.3) is 0 Å². The van der Waals surface area contributed by atoms with E-state index in [0.717, 1.165) is 24.3 Å². The maximum absolute atomic E-state index is 3.57. The largest absolute Gasteiger partial charge is 0.317 e. The Morgan fingerprint density at radius 2 is 1.82 bits per heavy atom. The van der Waals surface area contributed by atoms with Crippen LogP contribution in [0.15, 0.2) is 0 Å². The average Bonchev–Trinajstić information content (AvgIpc) is 2.26. The highest BCUT2D eigenvalue weighted by atomic mass is 14.8. The van der Waals surface area contributed by atoms with Gasteiger partial charge in [-0.25, -0.2) is 0 Å². The van der Waals surface area contributed by atoms with Crippen molar-refractivity contribution in [2.24, 2.45) is 23.2 Å². The SMILES string of the molecule is CCCC1CCC(CNCC)C(C(C)(C)C)C1. The first kappa shape index (κ1) is 15.0. The molecule has 0 amide bonds. The van der Waals surface area contributed by atoms with Crippen molar-refractivity contribution in [3.05, 3.63) is 0 Å². The molecule has 0 spiro atoms. The van der Waals surface area contributed by atoms with Gasteiger partial charge in [0.05, 0.1) is 0 Å². The van der Waals surface area contributed by atoms with Gasteiger partial charge in [0, 0.05) is 0 Å². The molecular formula is C16H33N. The standard InChI is InChI=1S/C16H33N/c1-6-8-13-9-10-14(12-17-7-2)15(11-13)16(3,4)5/h13-15,17H,6-12H2,1-5H3. The van der Waals surface area contributed by atoms with Crippen LogP contribution in [0.1, 0.15) is 66.7 Å². The van der Waals surface area contributed by atoms with E-state index in [1.54, 1.807) is 0 Å². The van der Waals surface area contributed by atoms with E-state index in [9.17, 15) is 0 Å². The number of hydrogen-bond donors (Lipinski definition) is 1. The van der Waals surface area contributed by atoms with E-state index < -0.39 is 0 Å². The first-order valence-electron chi connectivity index (χ1n) is 7.69. The van der Waals surface area contributed by atoms with Gasteiger partial charge >= 0.3 is 0 Å². The second-order valence-corrected chi connectivity index (χ2v) is 7.01. The highest BCUT2D eigenvalue weighted by Gasteiger charge is 2.36. The van der Waals surface area contributed by atoms with E-state index in [1.807, 2.05) is 0 Å². The molecule has 0 heterocycles. The van der Waals surface area contributed by atoms with Gasteiger partial charge in [-0.05, 0) is 49.1 Å². The molecule has 1 nitrogen and oxygen atoms in total. The summed E-state index contributed by atoms with van der Waals surface area (Å²) in [5, 5.41) is 3.57. The minimum Gasteiger partial charge on any atom is -0.317 e. The van der Waals surface area contributed by atoms with Gasteiger partial charge in [-0.1, -0.05) is 53.9 Å². The molecule has 1 N–H and O–H groups in total. The van der Waals surface area contributed by atoms with Gasteiger partial charge in [0.2, 0.25) is 0 Å². The molecule has 1 saturated carbocycles. The summed E-state index contributed by atoms with van der Waals surface area (Å²) < 4.78 is 0. The number of rotatable bonds is 5. The summed E-state index contributed by atoms with van der Waals surface area (Å²) in [7, 11) is 0. The molecule has 102 valence electrons. The Morgan fingerprint density at radius 1 is 1.12 bits per heavy atom. The predicted octanol–water partition coefficient (Wildman–Crippen LogP) is 4.47. The summed E-state index contributed by atoms with van der Waals surface area (Å²) in [5.41, 5.74) is 0.479. The monoisotopic (exact) mass is 239 g/mol. The third-order valence-electron chi connectivity index (χ3n) is 4.57. The summed E-state index contributed by atoms with van der Waals surface area (Å²) in [5.74, 6) is 2.82. The average molecular weight is 239 g/mol. The molecule has 0 saturated heterocycles. The van der Waals surface area contributed by atoms with Gasteiger partial charge in [-0.15, -0.1) is 0 Å². The number of hydrogen-bond acceptors (Lipinski definition) is 1. The van der Waals surface area contributed by atoms with Crippen LogP contribution in [0.3, 0.4) is 0 Å². The summed E-state index contributed by atoms with van der Waals surface area (Å²) >= 11 is 0. The Bertz CT molecular complexity index is 204. The molecule has 0 aliphatic heterocycles. The Labute approximate surface area is 109 Å². The van der Waals surface area contributed by atoms with Crippen LogP contribution >= 0.6 is 0 Å². The number of nitrogens with one attached hydrogen (secondary N) is 1. The highest BCUT2D eigenvalue weighted by Crippen LogP contribution is 2.44. The lowest BCUT2D eigenvalue weighted by molar-refractivity contribution is 0.0727. The molecule has 1 aliphatic carbocycles. The fraction of sp³-hybridized carbons (Fsp3) is 1.00. The van der Waals surface area contributed by atoms with Crippen molar-refractivity contribution in [1.29, 1.82) is 0 Å². The van der Waals surface area contributed by atoms with Crippen molar-refractivity contribution < 1.29 is 0 Å². The van der Waals surface area contributed by atoms with E-state index in [2.05, 4.69) is 39.9 Å². The van der Waals surface area contributed by atoms with E-state index in [4.69, 9.17) is 0 Å². The Kier molecular flexibility index (Phi) is 5.99. The van der Waals surface area contributed by atoms with Crippen molar-refractivity contribution >= 4 is 0 Å². The fourth-order valence-electron chi connectivity index (χ4n) is 3.63. The molecule has 3 atom stereocenters. The zero-order valence-corrected chi connectivity index (χ0v) is 12.7. The predicted molar refractivity (Wildman–Crippen MR) is 77.2 cm³/mol. The molecule has 1 aliphatic rings. The van der Waals surface area contributed by atoms with Gasteiger partial charge in [0.15, 0.2) is 0 Å². The molecule has 0 aromatic heterocycles. The second-order valence-electron chi connectivity index (χ2n) is 7.01. The smallest absolute Gasteiger partial charge is 0.00178 e. The van der Waals surface area contributed by atoms with Crippen molar-refractivity contribution in [1.82, 2.24) is 5.32 Å². The summed E-state index contributed by atoms with van der Waals surface area (Å²) in [6.45, 7) is 14.2. The minimum atomic E-state index is 0.479. The molecule has 0 aromatic carbocycles. The van der Waals surface area contributed by atoms with Crippen molar-refractivity contribution in [2.45, 2.75) is 66.7 Å². The molecular weight excluding hydrogens is 206 g/mol. The molecule has 1 heteroatoms. The molecule has 0 radical (unpaired) electrons. The van der Waals surface area contributed by atoms with Crippen molar-refractivity contribution in [3.63, 3.8) is 0 Å². The van der Waals surface area contributed by atoms with Crippen LogP contribution in [-0.4, -0.2) is 13.1 Å². The van der Waals surface area contributed by atoms with Crippen LogP contribution in [0.25, 0.3) is 0 Å². The third-order valence-corrected chi connectivity index (χ3v) is 4.57. The summed E-state index contributed by atoms with van der Waals surface area (Å²) in [4.78, 5) is 0. The first-order valence-corrected chi connectivity index (χ1v) is 7.69. The Balaban J connectivity index is 2.59. The van der Waals surface area contributed by atoms with E-state index in [1.165, 1.54) is 38.6 Å². The maximum Gasteiger partial charge on any atom is -0.00178 e. The Morgan fingerprint density at radius 3 is 2.35 bits per heavy atom. The lowest BCUT2D eigenvalue weighted by Gasteiger charge is -2.43. The summed E-state index contributed by atoms with van der Waals surface area (Å²) in [6.07, 6.45) is 7.18. The lowest BCUT2D eigenvalue weighted by Crippen LogP contribution is -2.39. The van der Waals surface area contributed by atoms with E-state index in [0.29, 0.717) is 5.41 Å². The minimum absolute atomic E-state index is 0.479. The van der Waals surface area contributed by atoms with Crippen LogP contribution in [0, 0.1) is 23.2 Å². The van der Waals surface area contributed by atoms with Crippen LogP contribution in [0.4, 0.5) is 0 Å². The lowest BCUT2D eigenvalue weighted by atomic mass is 9.63. The second kappa shape index (κ2) is 6.78. The van der Waals surface area contributed by atoms with Gasteiger partial charge < -0.3 is 5.32 Å². The van der Waals surface area contributed by atoms with Gasteiger partial charge in [-0.2, -0.15) is 0 Å². The van der Waals surface area contributed by atoms with E-state index >= 15 is 0 Å². The van der Waals surface area contributed by atoms with Crippen LogP contribution in [0.5, 0.6) is 0 Å². The van der Waals surface area contributed by atoms with Crippen molar-refractivity contribution in [3.8, 4) is 0 Å². The highest BCUT2D eigenvalue weighted by molar-refractivity contribution is 4.87. The topological polar surface area (TPSA) is 12.0 Å². The first-order chi connectivity index (χ1) is 7.99. The molecule has 1 fully saturated rings. The van der Waals surface area contributed by atoms with Gasteiger partial charge in [-0.3, -0.25) is 0 Å². The maximum atomic E-state index is 3.57. The molecule has 0 aromatic rings. The quantitative estimate of drug-likeness (QED) is 0.746.